The third-order valence-corrected chi connectivity index (χ3v) is 2.27. The first-order chi connectivity index (χ1) is 7.86. The predicted molar refractivity (Wildman–Crippen MR) is 64.2 cm³/mol. The Kier molecular flexibility index (Phi) is 6.61. The summed E-state index contributed by atoms with van der Waals surface area (Å²) in [7, 11) is 3.39. The number of allylic oxidation sites excluding steroid dienone is 3. The first kappa shape index (κ1) is 13.0. The van der Waals surface area contributed by atoms with Crippen LogP contribution < -0.4 is 0 Å². The Hall–Kier alpha value is -1.06. The number of methoxy groups -OCH3 is 2. The fourth-order valence-electron chi connectivity index (χ4n) is 1.40. The van der Waals surface area contributed by atoms with Gasteiger partial charge in [0.1, 0.15) is 0 Å². The Morgan fingerprint density at radius 1 is 1.25 bits per heavy atom. The van der Waals surface area contributed by atoms with Crippen LogP contribution in [0.1, 0.15) is 12.8 Å². The van der Waals surface area contributed by atoms with Gasteiger partial charge in [0, 0.05) is 33.7 Å². The molecule has 0 fully saturated rings. The number of hydrogen-bond donors (Lipinski definition) is 0. The summed E-state index contributed by atoms with van der Waals surface area (Å²) in [6, 6.07) is 0. The molecular weight excluding hydrogens is 204 g/mol. The van der Waals surface area contributed by atoms with E-state index in [1.807, 2.05) is 24.3 Å². The molecule has 0 aromatic rings. The van der Waals surface area contributed by atoms with Crippen LogP contribution in [-0.4, -0.2) is 33.5 Å². The molecular formula is C13H20O3. The molecule has 1 aliphatic rings. The zero-order chi connectivity index (χ0) is 11.6. The van der Waals surface area contributed by atoms with Crippen molar-refractivity contribution < 1.29 is 14.2 Å². The van der Waals surface area contributed by atoms with Gasteiger partial charge >= 0.3 is 0 Å². The summed E-state index contributed by atoms with van der Waals surface area (Å²) in [5, 5.41) is 0. The van der Waals surface area contributed by atoms with E-state index in [-0.39, 0.29) is 6.10 Å². The highest BCUT2D eigenvalue weighted by molar-refractivity contribution is 5.17. The van der Waals surface area contributed by atoms with Crippen molar-refractivity contribution in [1.29, 1.82) is 0 Å². The van der Waals surface area contributed by atoms with Crippen LogP contribution in [0.5, 0.6) is 0 Å². The molecule has 1 rings (SSSR count). The molecule has 3 heteroatoms. The first-order valence-electron chi connectivity index (χ1n) is 5.55. The van der Waals surface area contributed by atoms with Crippen LogP contribution in [0.25, 0.3) is 0 Å². The molecule has 1 atom stereocenters. The molecule has 0 aromatic heterocycles. The second-order valence-corrected chi connectivity index (χ2v) is 3.55. The molecule has 0 heterocycles. The normalized spacial score (nSPS) is 23.4. The van der Waals surface area contributed by atoms with Gasteiger partial charge < -0.3 is 14.2 Å². The van der Waals surface area contributed by atoms with Crippen LogP contribution in [0.2, 0.25) is 0 Å². The van der Waals surface area contributed by atoms with Crippen LogP contribution >= 0.6 is 0 Å². The SMILES string of the molecule is COCCCO/C1=C/C(OC)C=CC=CC1. The van der Waals surface area contributed by atoms with Crippen LogP contribution in [0.15, 0.2) is 36.1 Å². The van der Waals surface area contributed by atoms with E-state index in [4.69, 9.17) is 14.2 Å². The Balaban J connectivity index is 2.42. The average Bonchev–Trinajstić information content (AvgIpc) is 2.27. The smallest absolute Gasteiger partial charge is 0.0986 e. The minimum atomic E-state index is 0.00220. The summed E-state index contributed by atoms with van der Waals surface area (Å²) >= 11 is 0. The molecule has 1 aliphatic carbocycles. The maximum Gasteiger partial charge on any atom is 0.0986 e. The van der Waals surface area contributed by atoms with Gasteiger partial charge in [-0.25, -0.2) is 0 Å². The standard InChI is InChI=1S/C13H20O3/c1-14-9-6-10-16-13-8-5-3-4-7-12(11-13)15-2/h3-5,7,11-12H,6,8-10H2,1-2H3/b5-3?,7-4?,13-11+. The summed E-state index contributed by atoms with van der Waals surface area (Å²) in [6.45, 7) is 1.42. The molecule has 16 heavy (non-hydrogen) atoms. The van der Waals surface area contributed by atoms with Gasteiger partial charge in [0.2, 0.25) is 0 Å². The van der Waals surface area contributed by atoms with E-state index in [0.29, 0.717) is 6.61 Å². The van der Waals surface area contributed by atoms with Crippen molar-refractivity contribution in [1.82, 2.24) is 0 Å². The minimum absolute atomic E-state index is 0.00220. The van der Waals surface area contributed by atoms with E-state index in [9.17, 15) is 0 Å². The van der Waals surface area contributed by atoms with Crippen molar-refractivity contribution in [2.45, 2.75) is 18.9 Å². The molecule has 1 unspecified atom stereocenters. The van der Waals surface area contributed by atoms with Crippen LogP contribution in [0.4, 0.5) is 0 Å². The Bertz CT molecular complexity index is 266. The molecule has 0 aromatic carbocycles. The zero-order valence-corrected chi connectivity index (χ0v) is 10.0. The van der Waals surface area contributed by atoms with Crippen molar-refractivity contribution in [2.75, 3.05) is 27.4 Å². The van der Waals surface area contributed by atoms with E-state index in [2.05, 4.69) is 6.08 Å². The van der Waals surface area contributed by atoms with Crippen molar-refractivity contribution in [3.05, 3.63) is 36.1 Å². The molecule has 0 amide bonds. The summed E-state index contributed by atoms with van der Waals surface area (Å²) in [6.07, 6.45) is 11.8. The van der Waals surface area contributed by atoms with Gasteiger partial charge in [-0.05, 0) is 6.08 Å². The van der Waals surface area contributed by atoms with Gasteiger partial charge in [-0.1, -0.05) is 24.3 Å². The average molecular weight is 224 g/mol. The molecule has 0 spiro atoms. The fourth-order valence-corrected chi connectivity index (χ4v) is 1.40. The van der Waals surface area contributed by atoms with Gasteiger partial charge in [0.15, 0.2) is 0 Å². The predicted octanol–water partition coefficient (Wildman–Crippen LogP) is 2.45. The topological polar surface area (TPSA) is 27.7 Å². The molecule has 0 saturated carbocycles. The summed E-state index contributed by atoms with van der Waals surface area (Å²) < 4.78 is 15.9. The zero-order valence-electron chi connectivity index (χ0n) is 10.0. The van der Waals surface area contributed by atoms with Crippen LogP contribution in [-0.2, 0) is 14.2 Å². The largest absolute Gasteiger partial charge is 0.498 e. The van der Waals surface area contributed by atoms with Crippen LogP contribution in [0.3, 0.4) is 0 Å². The monoisotopic (exact) mass is 224 g/mol. The molecule has 3 nitrogen and oxygen atoms in total. The van der Waals surface area contributed by atoms with Gasteiger partial charge in [0.05, 0.1) is 18.5 Å². The minimum Gasteiger partial charge on any atom is -0.498 e. The Morgan fingerprint density at radius 3 is 2.88 bits per heavy atom. The lowest BCUT2D eigenvalue weighted by atomic mass is 10.2. The van der Waals surface area contributed by atoms with E-state index in [1.165, 1.54) is 0 Å². The van der Waals surface area contributed by atoms with Gasteiger partial charge in [0.25, 0.3) is 0 Å². The third kappa shape index (κ3) is 5.14. The molecule has 0 N–H and O–H groups in total. The number of rotatable bonds is 6. The Labute approximate surface area is 97.4 Å². The maximum absolute atomic E-state index is 5.67. The molecule has 90 valence electrons. The van der Waals surface area contributed by atoms with Gasteiger partial charge in [-0.15, -0.1) is 0 Å². The van der Waals surface area contributed by atoms with E-state index in [0.717, 1.165) is 25.2 Å². The quantitative estimate of drug-likeness (QED) is 0.649. The maximum atomic E-state index is 5.67. The number of ether oxygens (including phenoxy) is 3. The summed E-state index contributed by atoms with van der Waals surface area (Å²) in [5.41, 5.74) is 0. The van der Waals surface area contributed by atoms with Gasteiger partial charge in [-0.2, -0.15) is 0 Å². The third-order valence-electron chi connectivity index (χ3n) is 2.27. The Morgan fingerprint density at radius 2 is 2.12 bits per heavy atom. The first-order valence-corrected chi connectivity index (χ1v) is 5.55. The fraction of sp³-hybridized carbons (Fsp3) is 0.538. The molecule has 0 radical (unpaired) electrons. The van der Waals surface area contributed by atoms with E-state index in [1.54, 1.807) is 14.2 Å². The lowest BCUT2D eigenvalue weighted by Crippen LogP contribution is -2.07. The molecule has 0 bridgehead atoms. The second-order valence-electron chi connectivity index (χ2n) is 3.55. The highest BCUT2D eigenvalue weighted by Gasteiger charge is 2.04. The lowest BCUT2D eigenvalue weighted by molar-refractivity contribution is 0.135. The van der Waals surface area contributed by atoms with Crippen molar-refractivity contribution >= 4 is 0 Å². The van der Waals surface area contributed by atoms with Crippen molar-refractivity contribution in [2.24, 2.45) is 0 Å². The van der Waals surface area contributed by atoms with Gasteiger partial charge in [-0.3, -0.25) is 0 Å². The van der Waals surface area contributed by atoms with Crippen LogP contribution in [0, 0.1) is 0 Å². The highest BCUT2D eigenvalue weighted by atomic mass is 16.5. The van der Waals surface area contributed by atoms with E-state index < -0.39 is 0 Å². The highest BCUT2D eigenvalue weighted by Crippen LogP contribution is 2.11. The summed E-state index contributed by atoms with van der Waals surface area (Å²) in [5.74, 6) is 0.962. The summed E-state index contributed by atoms with van der Waals surface area (Å²) in [4.78, 5) is 0. The lowest BCUT2D eigenvalue weighted by Gasteiger charge is -2.13. The molecule has 0 saturated heterocycles. The second kappa shape index (κ2) is 8.13. The number of hydrogen-bond acceptors (Lipinski definition) is 3. The van der Waals surface area contributed by atoms with E-state index >= 15 is 0 Å². The van der Waals surface area contributed by atoms with Crippen molar-refractivity contribution in [3.8, 4) is 0 Å². The molecule has 0 aliphatic heterocycles. The van der Waals surface area contributed by atoms with Crippen molar-refractivity contribution in [3.63, 3.8) is 0 Å².